The third-order valence-electron chi connectivity index (χ3n) is 5.47. The first-order valence-corrected chi connectivity index (χ1v) is 11.2. The van der Waals surface area contributed by atoms with Gasteiger partial charge >= 0.3 is 0 Å². The lowest BCUT2D eigenvalue weighted by Crippen LogP contribution is -2.27. The molecule has 0 spiro atoms. The van der Waals surface area contributed by atoms with Gasteiger partial charge in [-0.15, -0.1) is 10.2 Å². The van der Waals surface area contributed by atoms with Crippen molar-refractivity contribution in [1.82, 2.24) is 14.9 Å². The number of aliphatic imine (C=N–C) groups is 1. The highest BCUT2D eigenvalue weighted by Crippen LogP contribution is 2.31. The van der Waals surface area contributed by atoms with E-state index >= 15 is 0 Å². The van der Waals surface area contributed by atoms with E-state index in [0.717, 1.165) is 47.4 Å². The first kappa shape index (κ1) is 22.2. The zero-order valence-corrected chi connectivity index (χ0v) is 19.8. The second-order valence-corrected chi connectivity index (χ2v) is 9.41. The number of fused-ring (bicyclic) bond motifs is 1. The fourth-order valence-electron chi connectivity index (χ4n) is 3.66. The molecule has 1 aliphatic heterocycles. The summed E-state index contributed by atoms with van der Waals surface area (Å²) in [4.78, 5) is 7.48. The zero-order valence-electron chi connectivity index (χ0n) is 19.8. The molecule has 1 aromatic heterocycles. The standard InChI is InChI=1S/C24H36N6/c1-9-11-14-29(10-2)18-12-13-19(17(5)15-18)25-20-21(24(6,7)8)28-30-22(16(3)4)26-27-23(20)30/h12-13,15-16H,9-11,14H2,1-8H3/b25-20-. The van der Waals surface area contributed by atoms with E-state index in [4.69, 9.17) is 10.1 Å². The minimum absolute atomic E-state index is 0.138. The second-order valence-electron chi connectivity index (χ2n) is 9.41. The summed E-state index contributed by atoms with van der Waals surface area (Å²) in [6.07, 6.45) is 2.41. The Morgan fingerprint density at radius 1 is 1.13 bits per heavy atom. The maximum atomic E-state index is 5.05. The van der Waals surface area contributed by atoms with Crippen LogP contribution in [0.25, 0.3) is 0 Å². The average molecular weight is 409 g/mol. The van der Waals surface area contributed by atoms with Gasteiger partial charge in [0.2, 0.25) is 5.82 Å². The average Bonchev–Trinajstić information content (AvgIpc) is 3.24. The van der Waals surface area contributed by atoms with Crippen LogP contribution in [0.1, 0.15) is 84.4 Å². The summed E-state index contributed by atoms with van der Waals surface area (Å²) in [6.45, 7) is 19.4. The van der Waals surface area contributed by atoms with Crippen LogP contribution >= 0.6 is 0 Å². The molecule has 6 heteroatoms. The summed E-state index contributed by atoms with van der Waals surface area (Å²) in [5, 5.41) is 13.7. The monoisotopic (exact) mass is 408 g/mol. The van der Waals surface area contributed by atoms with Crippen molar-refractivity contribution in [3.05, 3.63) is 35.4 Å². The highest BCUT2D eigenvalue weighted by atomic mass is 15.5. The van der Waals surface area contributed by atoms with E-state index in [1.165, 1.54) is 18.5 Å². The molecule has 0 atom stereocenters. The van der Waals surface area contributed by atoms with Crippen molar-refractivity contribution in [3.8, 4) is 0 Å². The third kappa shape index (κ3) is 4.32. The van der Waals surface area contributed by atoms with Gasteiger partial charge in [-0.3, -0.25) is 0 Å². The molecule has 0 aliphatic carbocycles. The van der Waals surface area contributed by atoms with Gasteiger partial charge in [-0.25, -0.2) is 4.99 Å². The second kappa shape index (κ2) is 8.70. The van der Waals surface area contributed by atoms with Crippen LogP contribution < -0.4 is 4.90 Å². The Hall–Kier alpha value is -2.50. The molecule has 0 radical (unpaired) electrons. The maximum absolute atomic E-state index is 5.05. The topological polar surface area (TPSA) is 58.7 Å². The van der Waals surface area contributed by atoms with E-state index in [9.17, 15) is 0 Å². The minimum atomic E-state index is -0.138. The lowest BCUT2D eigenvalue weighted by Gasteiger charge is -2.23. The summed E-state index contributed by atoms with van der Waals surface area (Å²) >= 11 is 0. The fraction of sp³-hybridized carbons (Fsp3) is 0.583. The van der Waals surface area contributed by atoms with Gasteiger partial charge in [0.1, 0.15) is 5.71 Å². The molecule has 6 nitrogen and oxygen atoms in total. The Balaban J connectivity index is 2.02. The predicted molar refractivity (Wildman–Crippen MR) is 127 cm³/mol. The summed E-state index contributed by atoms with van der Waals surface area (Å²) in [7, 11) is 0. The van der Waals surface area contributed by atoms with Gasteiger partial charge in [-0.1, -0.05) is 48.0 Å². The Kier molecular flexibility index (Phi) is 6.44. The normalized spacial score (nSPS) is 15.1. The van der Waals surface area contributed by atoms with Crippen LogP contribution in [0.5, 0.6) is 0 Å². The van der Waals surface area contributed by atoms with E-state index in [2.05, 4.69) is 88.7 Å². The van der Waals surface area contributed by atoms with Crippen LogP contribution in [0.4, 0.5) is 11.4 Å². The van der Waals surface area contributed by atoms with Crippen LogP contribution in [0.2, 0.25) is 0 Å². The number of nitrogens with zero attached hydrogens (tertiary/aromatic N) is 6. The first-order valence-electron chi connectivity index (χ1n) is 11.2. The van der Waals surface area contributed by atoms with Crippen LogP contribution in [0.15, 0.2) is 28.3 Å². The molecule has 0 saturated heterocycles. The molecular weight excluding hydrogens is 372 g/mol. The van der Waals surface area contributed by atoms with Crippen LogP contribution in [-0.2, 0) is 0 Å². The van der Waals surface area contributed by atoms with E-state index < -0.39 is 0 Å². The number of anilines is 1. The Labute approximate surface area is 181 Å². The van der Waals surface area contributed by atoms with Crippen molar-refractivity contribution < 1.29 is 0 Å². The SMILES string of the molecule is CCCCN(CC)c1ccc(/N=C2/C(C(C)(C)C)=Nn3c2nnc3C(C)C)c(C)c1. The van der Waals surface area contributed by atoms with Gasteiger partial charge in [0.25, 0.3) is 0 Å². The van der Waals surface area contributed by atoms with Crippen molar-refractivity contribution in [2.45, 2.75) is 74.1 Å². The first-order chi connectivity index (χ1) is 14.2. The molecule has 30 heavy (non-hydrogen) atoms. The lowest BCUT2D eigenvalue weighted by molar-refractivity contribution is 0.590. The molecule has 162 valence electrons. The zero-order chi connectivity index (χ0) is 22.1. The number of benzene rings is 1. The quantitative estimate of drug-likeness (QED) is 0.588. The van der Waals surface area contributed by atoms with Crippen molar-refractivity contribution in [3.63, 3.8) is 0 Å². The van der Waals surface area contributed by atoms with E-state index in [0.29, 0.717) is 0 Å². The molecule has 1 aromatic carbocycles. The molecule has 2 aromatic rings. The Morgan fingerprint density at radius 2 is 1.87 bits per heavy atom. The summed E-state index contributed by atoms with van der Waals surface area (Å²) in [5.41, 5.74) is 5.02. The van der Waals surface area contributed by atoms with Gasteiger partial charge in [0, 0.05) is 30.1 Å². The number of aromatic nitrogens is 3. The molecule has 0 bridgehead atoms. The van der Waals surface area contributed by atoms with Crippen molar-refractivity contribution >= 4 is 22.8 Å². The number of hydrogen-bond acceptors (Lipinski definition) is 5. The molecule has 0 fully saturated rings. The molecular formula is C24H36N6. The fourth-order valence-corrected chi connectivity index (χ4v) is 3.66. The minimum Gasteiger partial charge on any atom is -0.372 e. The molecule has 0 saturated carbocycles. The van der Waals surface area contributed by atoms with Gasteiger partial charge in [-0.05, 0) is 44.0 Å². The summed E-state index contributed by atoms with van der Waals surface area (Å²) in [6, 6.07) is 6.54. The molecule has 0 unspecified atom stereocenters. The van der Waals surface area contributed by atoms with Crippen LogP contribution in [0, 0.1) is 12.3 Å². The summed E-state index contributed by atoms with van der Waals surface area (Å²) < 4.78 is 1.87. The molecule has 0 N–H and O–H groups in total. The number of hydrogen-bond donors (Lipinski definition) is 0. The molecule has 1 aliphatic rings. The van der Waals surface area contributed by atoms with Crippen molar-refractivity contribution in [1.29, 1.82) is 0 Å². The third-order valence-corrected chi connectivity index (χ3v) is 5.47. The van der Waals surface area contributed by atoms with E-state index in [-0.39, 0.29) is 11.3 Å². The number of aryl methyl sites for hydroxylation is 1. The molecule has 2 heterocycles. The van der Waals surface area contributed by atoms with Crippen LogP contribution in [0.3, 0.4) is 0 Å². The van der Waals surface area contributed by atoms with Crippen molar-refractivity contribution in [2.24, 2.45) is 15.5 Å². The van der Waals surface area contributed by atoms with E-state index in [1.807, 2.05) is 4.68 Å². The van der Waals surface area contributed by atoms with Crippen LogP contribution in [-0.4, -0.2) is 39.4 Å². The maximum Gasteiger partial charge on any atom is 0.205 e. The van der Waals surface area contributed by atoms with E-state index in [1.54, 1.807) is 0 Å². The lowest BCUT2D eigenvalue weighted by atomic mass is 9.87. The summed E-state index contributed by atoms with van der Waals surface area (Å²) in [5.74, 6) is 1.86. The van der Waals surface area contributed by atoms with Gasteiger partial charge in [0.15, 0.2) is 5.82 Å². The largest absolute Gasteiger partial charge is 0.372 e. The van der Waals surface area contributed by atoms with Gasteiger partial charge in [0.05, 0.1) is 11.4 Å². The highest BCUT2D eigenvalue weighted by molar-refractivity contribution is 6.50. The number of unbranched alkanes of at least 4 members (excludes halogenated alkanes) is 1. The Bertz CT molecular complexity index is 959. The van der Waals surface area contributed by atoms with Gasteiger partial charge < -0.3 is 4.90 Å². The predicted octanol–water partition coefficient (Wildman–Crippen LogP) is 5.72. The Morgan fingerprint density at radius 3 is 2.43 bits per heavy atom. The highest BCUT2D eigenvalue weighted by Gasteiger charge is 2.35. The molecule has 0 amide bonds. The van der Waals surface area contributed by atoms with Crippen molar-refractivity contribution in [2.75, 3.05) is 18.0 Å². The smallest absolute Gasteiger partial charge is 0.205 e. The van der Waals surface area contributed by atoms with Gasteiger partial charge in [-0.2, -0.15) is 9.78 Å². The number of rotatable bonds is 7. The molecule has 3 rings (SSSR count).